The second-order valence-electron chi connectivity index (χ2n) is 2.92. The molecule has 0 saturated carbocycles. The zero-order valence-corrected chi connectivity index (χ0v) is 9.15. The van der Waals surface area contributed by atoms with Gasteiger partial charge in [0.15, 0.2) is 0 Å². The summed E-state index contributed by atoms with van der Waals surface area (Å²) in [5.41, 5.74) is 0.428. The molecule has 1 saturated heterocycles. The lowest BCUT2D eigenvalue weighted by atomic mass is 10.3. The molecule has 2 heterocycles. The van der Waals surface area contributed by atoms with Crippen LogP contribution in [0.2, 0.25) is 0 Å². The molecule has 0 bridgehead atoms. The number of amides is 3. The summed E-state index contributed by atoms with van der Waals surface area (Å²) in [4.78, 5) is 40.4. The van der Waals surface area contributed by atoms with E-state index >= 15 is 0 Å². The summed E-state index contributed by atoms with van der Waals surface area (Å²) in [7, 11) is 0. The summed E-state index contributed by atoms with van der Waals surface area (Å²) in [6.07, 6.45) is 3.33. The van der Waals surface area contributed by atoms with E-state index in [0.717, 1.165) is 11.8 Å². The van der Waals surface area contributed by atoms with Gasteiger partial charge in [0.2, 0.25) is 12.4 Å². The van der Waals surface area contributed by atoms with E-state index in [0.29, 0.717) is 12.1 Å². The van der Waals surface area contributed by atoms with Gasteiger partial charge in [-0.15, -0.1) is 0 Å². The number of carbonyl (C=O) groups is 3. The standard InChI is InChI=1S/C9H6N4O3S/c14-4-11-8-10-2-1-5(12-8)3-6-7(15)13-9(16)17-6/h1-4H,(H,13,15,16)(H,10,11,12,14)/b6-3-. The van der Waals surface area contributed by atoms with Crippen LogP contribution in [0.1, 0.15) is 5.69 Å². The summed E-state index contributed by atoms with van der Waals surface area (Å²) in [6.45, 7) is 0. The average molecular weight is 250 g/mol. The predicted molar refractivity (Wildman–Crippen MR) is 60.8 cm³/mol. The molecule has 0 aliphatic carbocycles. The van der Waals surface area contributed by atoms with Crippen molar-refractivity contribution in [1.82, 2.24) is 15.3 Å². The number of nitrogens with zero attached hydrogens (tertiary/aromatic N) is 2. The van der Waals surface area contributed by atoms with Crippen molar-refractivity contribution in [3.63, 3.8) is 0 Å². The number of hydrogen-bond acceptors (Lipinski definition) is 6. The van der Waals surface area contributed by atoms with E-state index in [1.165, 1.54) is 12.3 Å². The molecule has 0 spiro atoms. The highest BCUT2D eigenvalue weighted by atomic mass is 32.2. The largest absolute Gasteiger partial charge is 0.297 e. The first-order chi connectivity index (χ1) is 8.19. The van der Waals surface area contributed by atoms with Crippen LogP contribution in [-0.2, 0) is 9.59 Å². The van der Waals surface area contributed by atoms with Crippen LogP contribution in [0.25, 0.3) is 6.08 Å². The van der Waals surface area contributed by atoms with Crippen LogP contribution in [0, 0.1) is 0 Å². The molecule has 2 N–H and O–H groups in total. The van der Waals surface area contributed by atoms with Crippen molar-refractivity contribution in [2.24, 2.45) is 0 Å². The van der Waals surface area contributed by atoms with Crippen molar-refractivity contribution in [1.29, 1.82) is 0 Å². The van der Waals surface area contributed by atoms with Gasteiger partial charge in [-0.3, -0.25) is 25.0 Å². The molecular weight excluding hydrogens is 244 g/mol. The van der Waals surface area contributed by atoms with Gasteiger partial charge in [0.1, 0.15) is 0 Å². The fraction of sp³-hybridized carbons (Fsp3) is 0. The van der Waals surface area contributed by atoms with Crippen LogP contribution < -0.4 is 10.6 Å². The lowest BCUT2D eigenvalue weighted by Gasteiger charge is -1.97. The lowest BCUT2D eigenvalue weighted by Crippen LogP contribution is -2.17. The first-order valence-corrected chi connectivity index (χ1v) is 5.29. The van der Waals surface area contributed by atoms with Gasteiger partial charge in [0, 0.05) is 6.20 Å². The molecule has 17 heavy (non-hydrogen) atoms. The third kappa shape index (κ3) is 2.67. The number of carbonyl (C=O) groups excluding carboxylic acids is 3. The number of aromatic nitrogens is 2. The minimum atomic E-state index is -0.455. The van der Waals surface area contributed by atoms with E-state index < -0.39 is 11.1 Å². The Morgan fingerprint density at radius 1 is 1.41 bits per heavy atom. The van der Waals surface area contributed by atoms with Gasteiger partial charge >= 0.3 is 0 Å². The molecule has 0 unspecified atom stereocenters. The highest BCUT2D eigenvalue weighted by Gasteiger charge is 2.25. The fourth-order valence-electron chi connectivity index (χ4n) is 1.13. The molecule has 0 atom stereocenters. The Bertz CT molecular complexity index is 529. The number of anilines is 1. The van der Waals surface area contributed by atoms with Crippen LogP contribution in [0.15, 0.2) is 17.2 Å². The summed E-state index contributed by atoms with van der Waals surface area (Å²) < 4.78 is 0. The van der Waals surface area contributed by atoms with E-state index in [-0.39, 0.29) is 10.9 Å². The molecule has 7 nitrogen and oxygen atoms in total. The summed E-state index contributed by atoms with van der Waals surface area (Å²) in [5.74, 6) is -0.326. The number of nitrogens with one attached hydrogen (secondary N) is 2. The van der Waals surface area contributed by atoms with Crippen LogP contribution >= 0.6 is 11.8 Å². The molecule has 0 radical (unpaired) electrons. The van der Waals surface area contributed by atoms with E-state index in [1.807, 2.05) is 0 Å². The molecular formula is C9H6N4O3S. The first-order valence-electron chi connectivity index (χ1n) is 4.47. The number of hydrogen-bond donors (Lipinski definition) is 2. The van der Waals surface area contributed by atoms with E-state index in [9.17, 15) is 14.4 Å². The molecule has 8 heteroatoms. The average Bonchev–Trinajstić information content (AvgIpc) is 2.58. The van der Waals surface area contributed by atoms with Gasteiger partial charge in [0.05, 0.1) is 10.6 Å². The van der Waals surface area contributed by atoms with Crippen molar-refractivity contribution >= 4 is 41.3 Å². The Morgan fingerprint density at radius 3 is 2.88 bits per heavy atom. The second-order valence-corrected chi connectivity index (χ2v) is 3.93. The van der Waals surface area contributed by atoms with Crippen molar-refractivity contribution in [2.45, 2.75) is 0 Å². The zero-order valence-electron chi connectivity index (χ0n) is 8.34. The van der Waals surface area contributed by atoms with Gasteiger partial charge in [-0.25, -0.2) is 9.97 Å². The first kappa shape index (κ1) is 11.3. The predicted octanol–water partition coefficient (Wildman–Crippen LogP) is 0.369. The van der Waals surface area contributed by atoms with E-state index in [4.69, 9.17) is 0 Å². The Labute approximate surface area is 99.7 Å². The smallest absolute Gasteiger partial charge is 0.290 e. The van der Waals surface area contributed by atoms with Crippen molar-refractivity contribution < 1.29 is 14.4 Å². The Kier molecular flexibility index (Phi) is 3.15. The van der Waals surface area contributed by atoms with Crippen LogP contribution in [0.3, 0.4) is 0 Å². The van der Waals surface area contributed by atoms with Crippen LogP contribution in [-0.4, -0.2) is 27.5 Å². The topological polar surface area (TPSA) is 101 Å². The van der Waals surface area contributed by atoms with Gasteiger partial charge in [-0.05, 0) is 23.9 Å². The molecule has 3 amide bonds. The maximum atomic E-state index is 11.3. The monoisotopic (exact) mass is 250 g/mol. The maximum Gasteiger partial charge on any atom is 0.290 e. The minimum absolute atomic E-state index is 0.129. The zero-order chi connectivity index (χ0) is 12.3. The molecule has 86 valence electrons. The van der Waals surface area contributed by atoms with E-state index in [2.05, 4.69) is 20.6 Å². The Hall–Kier alpha value is -2.22. The molecule has 1 aliphatic heterocycles. The lowest BCUT2D eigenvalue weighted by molar-refractivity contribution is -0.115. The van der Waals surface area contributed by atoms with Gasteiger partial charge in [0.25, 0.3) is 11.1 Å². The van der Waals surface area contributed by atoms with Crippen molar-refractivity contribution in [2.75, 3.05) is 5.32 Å². The SMILES string of the molecule is O=CNc1nccc(/C=C2\SC(=O)NC2=O)n1. The highest BCUT2D eigenvalue weighted by Crippen LogP contribution is 2.24. The summed E-state index contributed by atoms with van der Waals surface area (Å²) in [5, 5.41) is 4.00. The van der Waals surface area contributed by atoms with Gasteiger partial charge in [-0.2, -0.15) is 0 Å². The molecule has 0 aromatic carbocycles. The Balaban J connectivity index is 2.26. The third-order valence-corrected chi connectivity index (χ3v) is 2.60. The van der Waals surface area contributed by atoms with Crippen molar-refractivity contribution in [3.8, 4) is 0 Å². The van der Waals surface area contributed by atoms with Gasteiger partial charge < -0.3 is 0 Å². The third-order valence-electron chi connectivity index (χ3n) is 1.79. The van der Waals surface area contributed by atoms with Crippen molar-refractivity contribution in [3.05, 3.63) is 22.9 Å². The number of thioether (sulfide) groups is 1. The van der Waals surface area contributed by atoms with Crippen LogP contribution in [0.5, 0.6) is 0 Å². The van der Waals surface area contributed by atoms with E-state index in [1.54, 1.807) is 6.07 Å². The normalized spacial score (nSPS) is 17.1. The Morgan fingerprint density at radius 2 is 2.24 bits per heavy atom. The quantitative estimate of drug-likeness (QED) is 0.593. The molecule has 1 aromatic rings. The molecule has 1 aliphatic rings. The minimum Gasteiger partial charge on any atom is -0.297 e. The molecule has 2 rings (SSSR count). The summed E-state index contributed by atoms with van der Waals surface area (Å²) >= 11 is 0.799. The van der Waals surface area contributed by atoms with Gasteiger partial charge in [-0.1, -0.05) is 0 Å². The fourth-order valence-corrected chi connectivity index (χ4v) is 1.80. The molecule has 1 fully saturated rings. The number of rotatable bonds is 3. The highest BCUT2D eigenvalue weighted by molar-refractivity contribution is 8.18. The van der Waals surface area contributed by atoms with Crippen LogP contribution in [0.4, 0.5) is 10.7 Å². The summed E-state index contributed by atoms with van der Waals surface area (Å²) in [6, 6.07) is 1.56. The number of imide groups is 1. The maximum absolute atomic E-state index is 11.3. The molecule has 1 aromatic heterocycles. The second kappa shape index (κ2) is 4.74.